The lowest BCUT2D eigenvalue weighted by Gasteiger charge is -2.31. The molecule has 1 aromatic carbocycles. The second-order valence-corrected chi connectivity index (χ2v) is 4.96. The highest BCUT2D eigenvalue weighted by molar-refractivity contribution is 5.32. The molecule has 1 aromatic rings. The number of benzene rings is 1. The Hall–Kier alpha value is -0.930. The molecule has 1 aliphatic carbocycles. The van der Waals surface area contributed by atoms with Gasteiger partial charge in [-0.05, 0) is 30.9 Å². The second kappa shape index (κ2) is 4.75. The van der Waals surface area contributed by atoms with Crippen LogP contribution in [0, 0.1) is 5.82 Å². The molecule has 0 saturated heterocycles. The predicted octanol–water partition coefficient (Wildman–Crippen LogP) is 2.58. The summed E-state index contributed by atoms with van der Waals surface area (Å²) >= 11 is 0. The minimum Gasteiger partial charge on any atom is -0.372 e. The van der Waals surface area contributed by atoms with Crippen LogP contribution in [0.15, 0.2) is 18.2 Å². The zero-order chi connectivity index (χ0) is 11.7. The van der Waals surface area contributed by atoms with Gasteiger partial charge in [0.25, 0.3) is 0 Å². The van der Waals surface area contributed by atoms with Crippen molar-refractivity contribution in [2.45, 2.75) is 37.8 Å². The van der Waals surface area contributed by atoms with E-state index in [0.717, 1.165) is 24.1 Å². The minimum absolute atomic E-state index is 0.111. The second-order valence-electron chi connectivity index (χ2n) is 4.96. The van der Waals surface area contributed by atoms with Crippen molar-refractivity contribution in [1.29, 1.82) is 0 Å². The molecule has 1 aliphatic heterocycles. The fraction of sp³-hybridized carbons (Fsp3) is 0.571. The van der Waals surface area contributed by atoms with E-state index in [9.17, 15) is 4.39 Å². The van der Waals surface area contributed by atoms with Gasteiger partial charge >= 0.3 is 0 Å². The van der Waals surface area contributed by atoms with E-state index in [1.807, 2.05) is 6.07 Å². The highest BCUT2D eigenvalue weighted by atomic mass is 19.1. The Morgan fingerprint density at radius 1 is 1.35 bits per heavy atom. The Balaban J connectivity index is 1.73. The molecule has 0 bridgehead atoms. The van der Waals surface area contributed by atoms with Crippen molar-refractivity contribution in [1.82, 2.24) is 5.32 Å². The maximum Gasteiger partial charge on any atom is 0.129 e. The molecule has 3 heteroatoms. The fourth-order valence-corrected chi connectivity index (χ4v) is 2.60. The van der Waals surface area contributed by atoms with Gasteiger partial charge in [-0.2, -0.15) is 0 Å². The molecule has 92 valence electrons. The van der Waals surface area contributed by atoms with Crippen LogP contribution in [0.4, 0.5) is 4.39 Å². The molecular weight excluding hydrogens is 217 g/mol. The summed E-state index contributed by atoms with van der Waals surface area (Å²) in [7, 11) is 0. The Morgan fingerprint density at radius 2 is 2.24 bits per heavy atom. The fourth-order valence-electron chi connectivity index (χ4n) is 2.60. The Labute approximate surface area is 101 Å². The quantitative estimate of drug-likeness (QED) is 0.869. The van der Waals surface area contributed by atoms with Crippen molar-refractivity contribution >= 4 is 0 Å². The number of rotatable bonds is 3. The van der Waals surface area contributed by atoms with Gasteiger partial charge in [0, 0.05) is 18.2 Å². The van der Waals surface area contributed by atoms with Gasteiger partial charge in [0.2, 0.25) is 0 Å². The first-order valence-electron chi connectivity index (χ1n) is 6.47. The van der Waals surface area contributed by atoms with Crippen LogP contribution in [-0.2, 0) is 11.2 Å². The van der Waals surface area contributed by atoms with Crippen molar-refractivity contribution in [3.8, 4) is 0 Å². The summed E-state index contributed by atoms with van der Waals surface area (Å²) in [5, 5.41) is 3.47. The summed E-state index contributed by atoms with van der Waals surface area (Å²) in [6.07, 6.45) is 4.52. The molecule has 0 spiro atoms. The first-order chi connectivity index (χ1) is 8.34. The Kier molecular flexibility index (Phi) is 3.12. The normalized spacial score (nSPS) is 24.2. The van der Waals surface area contributed by atoms with Crippen LogP contribution in [0.5, 0.6) is 0 Å². The lowest BCUT2D eigenvalue weighted by Crippen LogP contribution is -2.39. The Bertz CT molecular complexity index is 403. The molecule has 1 N–H and O–H groups in total. The van der Waals surface area contributed by atoms with Crippen molar-refractivity contribution in [3.63, 3.8) is 0 Å². The highest BCUT2D eigenvalue weighted by Crippen LogP contribution is 2.29. The van der Waals surface area contributed by atoms with Gasteiger partial charge in [0.1, 0.15) is 5.82 Å². The number of hydrogen-bond donors (Lipinski definition) is 1. The molecule has 0 radical (unpaired) electrons. The van der Waals surface area contributed by atoms with Crippen molar-refractivity contribution in [2.75, 3.05) is 13.2 Å². The van der Waals surface area contributed by atoms with Gasteiger partial charge in [-0.3, -0.25) is 0 Å². The van der Waals surface area contributed by atoms with E-state index in [-0.39, 0.29) is 11.9 Å². The van der Waals surface area contributed by atoms with Gasteiger partial charge in [-0.1, -0.05) is 18.6 Å². The summed E-state index contributed by atoms with van der Waals surface area (Å²) in [4.78, 5) is 0. The van der Waals surface area contributed by atoms with Crippen LogP contribution in [0.25, 0.3) is 0 Å². The molecule has 17 heavy (non-hydrogen) atoms. The number of halogens is 1. The maximum atomic E-state index is 13.8. The van der Waals surface area contributed by atoms with Crippen LogP contribution in [-0.4, -0.2) is 19.2 Å². The van der Waals surface area contributed by atoms with Crippen LogP contribution < -0.4 is 5.32 Å². The molecule has 1 fully saturated rings. The predicted molar refractivity (Wildman–Crippen MR) is 64.4 cm³/mol. The van der Waals surface area contributed by atoms with Crippen LogP contribution in [0.2, 0.25) is 0 Å². The first-order valence-corrected chi connectivity index (χ1v) is 6.47. The summed E-state index contributed by atoms with van der Waals surface area (Å²) < 4.78 is 19.5. The molecular formula is C14H18FNO. The number of nitrogens with one attached hydrogen (secondary N) is 1. The number of ether oxygens (including phenoxy) is 1. The van der Waals surface area contributed by atoms with Crippen LogP contribution in [0.1, 0.15) is 36.5 Å². The minimum atomic E-state index is -0.123. The van der Waals surface area contributed by atoms with Crippen LogP contribution in [0.3, 0.4) is 0 Å². The van der Waals surface area contributed by atoms with E-state index in [1.165, 1.54) is 25.3 Å². The van der Waals surface area contributed by atoms with E-state index < -0.39 is 0 Å². The number of hydrogen-bond acceptors (Lipinski definition) is 2. The molecule has 1 atom stereocenters. The third-order valence-electron chi connectivity index (χ3n) is 3.85. The third kappa shape index (κ3) is 2.22. The molecule has 1 saturated carbocycles. The molecule has 0 unspecified atom stereocenters. The number of fused-ring (bicyclic) bond motifs is 1. The highest BCUT2D eigenvalue weighted by Gasteiger charge is 2.26. The van der Waals surface area contributed by atoms with Crippen molar-refractivity contribution in [2.24, 2.45) is 0 Å². The smallest absolute Gasteiger partial charge is 0.129 e. The van der Waals surface area contributed by atoms with Gasteiger partial charge in [0.05, 0.1) is 12.7 Å². The zero-order valence-electron chi connectivity index (χ0n) is 9.92. The molecule has 2 aliphatic rings. The lowest BCUT2D eigenvalue weighted by molar-refractivity contribution is 0.0358. The largest absolute Gasteiger partial charge is 0.372 e. The first kappa shape index (κ1) is 11.2. The van der Waals surface area contributed by atoms with Crippen molar-refractivity contribution in [3.05, 3.63) is 35.1 Å². The monoisotopic (exact) mass is 235 g/mol. The van der Waals surface area contributed by atoms with Gasteiger partial charge in [-0.15, -0.1) is 0 Å². The Morgan fingerprint density at radius 3 is 3.00 bits per heavy atom. The molecule has 0 amide bonds. The topological polar surface area (TPSA) is 21.3 Å². The third-order valence-corrected chi connectivity index (χ3v) is 3.85. The zero-order valence-corrected chi connectivity index (χ0v) is 9.92. The van der Waals surface area contributed by atoms with Crippen molar-refractivity contribution < 1.29 is 9.13 Å². The summed E-state index contributed by atoms with van der Waals surface area (Å²) in [5.41, 5.74) is 1.88. The maximum absolute atomic E-state index is 13.8. The molecule has 3 rings (SSSR count). The van der Waals surface area contributed by atoms with Gasteiger partial charge < -0.3 is 10.1 Å². The average Bonchev–Trinajstić information content (AvgIpc) is 2.27. The molecule has 1 heterocycles. The van der Waals surface area contributed by atoms with E-state index in [1.54, 1.807) is 6.07 Å². The lowest BCUT2D eigenvalue weighted by atomic mass is 9.92. The molecule has 2 nitrogen and oxygen atoms in total. The van der Waals surface area contributed by atoms with E-state index in [4.69, 9.17) is 4.74 Å². The van der Waals surface area contributed by atoms with E-state index >= 15 is 0 Å². The van der Waals surface area contributed by atoms with Crippen LogP contribution >= 0.6 is 0 Å². The van der Waals surface area contributed by atoms with E-state index in [0.29, 0.717) is 12.6 Å². The summed E-state index contributed by atoms with van der Waals surface area (Å²) in [5.74, 6) is -0.123. The SMILES string of the molecule is Fc1cccc2c1[C@H](CNC1CCC1)OCC2. The molecule has 0 aromatic heterocycles. The van der Waals surface area contributed by atoms with E-state index in [2.05, 4.69) is 5.32 Å². The summed E-state index contributed by atoms with van der Waals surface area (Å²) in [6.45, 7) is 1.44. The van der Waals surface area contributed by atoms with Gasteiger partial charge in [-0.25, -0.2) is 4.39 Å². The average molecular weight is 235 g/mol. The summed E-state index contributed by atoms with van der Waals surface area (Å²) in [6, 6.07) is 5.95. The van der Waals surface area contributed by atoms with Gasteiger partial charge in [0.15, 0.2) is 0 Å². The standard InChI is InChI=1S/C14H18FNO/c15-12-6-1-3-10-7-8-17-13(14(10)12)9-16-11-4-2-5-11/h1,3,6,11,13,16H,2,4-5,7-9H2/t13-/m0/s1.